The molecule has 0 N–H and O–H groups in total. The normalized spacial score (nSPS) is 24.6. The second kappa shape index (κ2) is 11.7. The summed E-state index contributed by atoms with van der Waals surface area (Å²) >= 11 is 13.0. The van der Waals surface area contributed by atoms with Gasteiger partial charge in [-0.1, -0.05) is 62.4 Å². The second-order valence-corrected chi connectivity index (χ2v) is 14.2. The zero-order valence-electron chi connectivity index (χ0n) is 27.1. The minimum atomic E-state index is -0.757. The fraction of sp³-hybridized carbons (Fsp3) is 0.395. The number of nitrogens with zero attached hydrogens (tertiary/aromatic N) is 2. The maximum Gasteiger partial charge on any atom is 0.308 e. The van der Waals surface area contributed by atoms with Crippen LogP contribution in [0.25, 0.3) is 21.5 Å². The van der Waals surface area contributed by atoms with Crippen molar-refractivity contribution < 1.29 is 23.9 Å². The van der Waals surface area contributed by atoms with E-state index >= 15 is 0 Å². The van der Waals surface area contributed by atoms with Crippen LogP contribution in [0.3, 0.4) is 0 Å². The maximum atomic E-state index is 14.6. The lowest BCUT2D eigenvalue weighted by molar-refractivity contribution is -0.153. The first kappa shape index (κ1) is 31.8. The predicted octanol–water partition coefficient (Wildman–Crippen LogP) is 8.16. The highest BCUT2D eigenvalue weighted by molar-refractivity contribution is 6.20. The zero-order chi connectivity index (χ0) is 33.2. The van der Waals surface area contributed by atoms with Gasteiger partial charge in [0.05, 0.1) is 23.9 Å². The summed E-state index contributed by atoms with van der Waals surface area (Å²) < 4.78 is 11.4. The first-order chi connectivity index (χ1) is 22.6. The minimum absolute atomic E-state index is 0.0109. The van der Waals surface area contributed by atoms with E-state index in [1.165, 1.54) is 6.92 Å². The Balaban J connectivity index is 1.22. The first-order valence-electron chi connectivity index (χ1n) is 16.2. The van der Waals surface area contributed by atoms with E-state index < -0.39 is 16.8 Å². The van der Waals surface area contributed by atoms with Gasteiger partial charge >= 0.3 is 5.97 Å². The number of fused-ring (bicyclic) bond motifs is 6. The van der Waals surface area contributed by atoms with E-state index in [9.17, 15) is 14.4 Å². The van der Waals surface area contributed by atoms with Crippen LogP contribution in [-0.4, -0.2) is 49.7 Å². The topological polar surface area (TPSA) is 76.2 Å². The highest BCUT2D eigenvalue weighted by atomic mass is 35.5. The molecule has 1 fully saturated rings. The van der Waals surface area contributed by atoms with Gasteiger partial charge < -0.3 is 19.3 Å². The van der Waals surface area contributed by atoms with Crippen molar-refractivity contribution in [3.05, 3.63) is 71.8 Å². The molecule has 2 atom stereocenters. The van der Waals surface area contributed by atoms with E-state index in [0.717, 1.165) is 44.0 Å². The number of amides is 2. The smallest absolute Gasteiger partial charge is 0.308 e. The Morgan fingerprint density at radius 2 is 1.26 bits per heavy atom. The number of esters is 1. The minimum Gasteiger partial charge on any atom is -0.496 e. The molecular weight excluding hydrogens is 635 g/mol. The van der Waals surface area contributed by atoms with Crippen LogP contribution in [0.2, 0.25) is 0 Å². The van der Waals surface area contributed by atoms with Gasteiger partial charge in [0, 0.05) is 71.9 Å². The average molecular weight is 674 g/mol. The summed E-state index contributed by atoms with van der Waals surface area (Å²) in [7, 11) is 1.65. The molecule has 0 bridgehead atoms. The molecule has 244 valence electrons. The van der Waals surface area contributed by atoms with Crippen molar-refractivity contribution in [1.82, 2.24) is 0 Å². The molecule has 0 saturated heterocycles. The summed E-state index contributed by atoms with van der Waals surface area (Å²) in [5.41, 5.74) is 2.17. The molecule has 2 heterocycles. The summed E-state index contributed by atoms with van der Waals surface area (Å²) in [6.07, 6.45) is 1.47. The standard InChI is InChI=1S/C38H38Cl2N2O5/c1-5-38(36(45)42-19-24(17-40)33-27-12-8-6-10-25(27)31(46-4)14-29(33)42)20-37(3,21-38)35(44)41-18-23(16-39)34-28-13-9-7-11-26(28)32(15-30(34)41)47-22(2)43/h6-15,23-24H,5,16-21H2,1-4H3. The van der Waals surface area contributed by atoms with Crippen molar-refractivity contribution in [2.75, 3.05) is 41.8 Å². The third kappa shape index (κ3) is 4.80. The summed E-state index contributed by atoms with van der Waals surface area (Å²) in [5.74, 6) is 1.34. The number of carbonyl (C=O) groups excluding carboxylic acids is 3. The Kier molecular flexibility index (Phi) is 7.91. The molecule has 7 rings (SSSR count). The molecule has 1 saturated carbocycles. The average Bonchev–Trinajstić information content (AvgIpc) is 3.64. The number of benzene rings is 4. The molecule has 7 nitrogen and oxygen atoms in total. The van der Waals surface area contributed by atoms with Gasteiger partial charge in [0.15, 0.2) is 0 Å². The quantitative estimate of drug-likeness (QED) is 0.112. The van der Waals surface area contributed by atoms with Gasteiger partial charge in [0.25, 0.3) is 0 Å². The van der Waals surface area contributed by atoms with Crippen LogP contribution in [0.4, 0.5) is 11.4 Å². The van der Waals surface area contributed by atoms with Crippen molar-refractivity contribution in [2.24, 2.45) is 10.8 Å². The van der Waals surface area contributed by atoms with Crippen LogP contribution in [0, 0.1) is 10.8 Å². The predicted molar refractivity (Wildman–Crippen MR) is 187 cm³/mol. The van der Waals surface area contributed by atoms with Crippen molar-refractivity contribution in [2.45, 2.75) is 51.9 Å². The van der Waals surface area contributed by atoms with Gasteiger partial charge in [-0.2, -0.15) is 0 Å². The summed E-state index contributed by atoms with van der Waals surface area (Å²) in [4.78, 5) is 44.9. The number of hydrogen-bond acceptors (Lipinski definition) is 5. The van der Waals surface area contributed by atoms with E-state index in [1.54, 1.807) is 18.1 Å². The van der Waals surface area contributed by atoms with Gasteiger partial charge in [-0.05, 0) is 41.2 Å². The Morgan fingerprint density at radius 3 is 1.72 bits per heavy atom. The highest BCUT2D eigenvalue weighted by Crippen LogP contribution is 2.60. The number of hydrogen-bond donors (Lipinski definition) is 0. The molecule has 47 heavy (non-hydrogen) atoms. The third-order valence-electron chi connectivity index (χ3n) is 10.7. The molecule has 3 aliphatic rings. The van der Waals surface area contributed by atoms with Crippen LogP contribution < -0.4 is 19.3 Å². The van der Waals surface area contributed by atoms with Crippen molar-refractivity contribution in [1.29, 1.82) is 0 Å². The van der Waals surface area contributed by atoms with E-state index in [4.69, 9.17) is 32.7 Å². The van der Waals surface area contributed by atoms with Crippen molar-refractivity contribution in [3.63, 3.8) is 0 Å². The van der Waals surface area contributed by atoms with Crippen LogP contribution >= 0.6 is 23.2 Å². The number of alkyl halides is 2. The van der Waals surface area contributed by atoms with Gasteiger partial charge in [0.2, 0.25) is 11.8 Å². The van der Waals surface area contributed by atoms with Crippen LogP contribution in [0.15, 0.2) is 60.7 Å². The summed E-state index contributed by atoms with van der Waals surface area (Å²) in [5, 5.41) is 3.77. The monoisotopic (exact) mass is 672 g/mol. The van der Waals surface area contributed by atoms with Crippen LogP contribution in [0.1, 0.15) is 63.0 Å². The number of ether oxygens (including phenoxy) is 2. The van der Waals surface area contributed by atoms with Gasteiger partial charge in [-0.25, -0.2) is 0 Å². The zero-order valence-corrected chi connectivity index (χ0v) is 28.6. The van der Waals surface area contributed by atoms with E-state index in [1.807, 2.05) is 67.3 Å². The Morgan fingerprint density at radius 1 is 0.787 bits per heavy atom. The van der Waals surface area contributed by atoms with Gasteiger partial charge in [-0.15, -0.1) is 23.2 Å². The summed E-state index contributed by atoms with van der Waals surface area (Å²) in [6.45, 7) is 6.29. The van der Waals surface area contributed by atoms with Crippen molar-refractivity contribution in [3.8, 4) is 11.5 Å². The number of rotatable bonds is 7. The molecule has 2 aliphatic heterocycles. The lowest BCUT2D eigenvalue weighted by Crippen LogP contribution is -2.60. The number of carbonyl (C=O) groups is 3. The van der Waals surface area contributed by atoms with E-state index in [-0.39, 0.29) is 23.7 Å². The summed E-state index contributed by atoms with van der Waals surface area (Å²) in [6, 6.07) is 19.6. The molecule has 2 unspecified atom stereocenters. The molecule has 4 aromatic rings. The Bertz CT molecular complexity index is 1950. The molecule has 0 spiro atoms. The fourth-order valence-corrected chi connectivity index (χ4v) is 9.13. The largest absolute Gasteiger partial charge is 0.496 e. The third-order valence-corrected chi connectivity index (χ3v) is 11.4. The molecule has 9 heteroatoms. The lowest BCUT2D eigenvalue weighted by atomic mass is 9.51. The van der Waals surface area contributed by atoms with Crippen LogP contribution in [-0.2, 0) is 14.4 Å². The molecule has 1 aliphatic carbocycles. The maximum absolute atomic E-state index is 14.6. The molecule has 0 radical (unpaired) electrons. The Hall–Kier alpha value is -3.81. The van der Waals surface area contributed by atoms with Crippen LogP contribution in [0.5, 0.6) is 11.5 Å². The second-order valence-electron chi connectivity index (χ2n) is 13.6. The Labute approximate surface area is 284 Å². The molecule has 2 amide bonds. The van der Waals surface area contributed by atoms with E-state index in [0.29, 0.717) is 55.6 Å². The van der Waals surface area contributed by atoms with Gasteiger partial charge in [0.1, 0.15) is 11.5 Å². The number of anilines is 2. The molecular formula is C38H38Cl2N2O5. The van der Waals surface area contributed by atoms with E-state index in [2.05, 4.69) is 6.07 Å². The lowest BCUT2D eigenvalue weighted by Gasteiger charge is -2.54. The molecule has 0 aromatic heterocycles. The van der Waals surface area contributed by atoms with Gasteiger partial charge in [-0.3, -0.25) is 14.4 Å². The number of methoxy groups -OCH3 is 1. The van der Waals surface area contributed by atoms with Crippen molar-refractivity contribution >= 4 is 73.9 Å². The molecule has 4 aromatic carbocycles. The first-order valence-corrected chi connectivity index (χ1v) is 17.3. The number of halogens is 2. The fourth-order valence-electron chi connectivity index (χ4n) is 8.63. The SMILES string of the molecule is CCC1(C(=O)N2CC(CCl)c3c2cc(OC)c2ccccc32)CC(C)(C(=O)N2CC(CCl)c3c2cc(OC(C)=O)c2ccccc32)C1. The highest BCUT2D eigenvalue weighted by Gasteiger charge is 2.62.